The van der Waals surface area contributed by atoms with Crippen molar-refractivity contribution in [2.24, 2.45) is 5.92 Å². The van der Waals surface area contributed by atoms with Crippen LogP contribution in [0.5, 0.6) is 0 Å². The first kappa shape index (κ1) is 15.3. The smallest absolute Gasteiger partial charge is 0.320 e. The van der Waals surface area contributed by atoms with Gasteiger partial charge >= 0.3 is 5.97 Å². The van der Waals surface area contributed by atoms with Gasteiger partial charge in [-0.3, -0.25) is 9.69 Å². The summed E-state index contributed by atoms with van der Waals surface area (Å²) in [7, 11) is 0. The monoisotopic (exact) mass is 294 g/mol. The Morgan fingerprint density at radius 2 is 1.76 bits per heavy atom. The van der Waals surface area contributed by atoms with Crippen LogP contribution < -0.4 is 0 Å². The Bertz CT molecular complexity index is 377. The summed E-state index contributed by atoms with van der Waals surface area (Å²) in [6, 6.07) is 1.44. The van der Waals surface area contributed by atoms with Gasteiger partial charge in [-0.05, 0) is 65.0 Å². The lowest BCUT2D eigenvalue weighted by molar-refractivity contribution is -0.144. The van der Waals surface area contributed by atoms with Crippen LogP contribution in [-0.4, -0.2) is 58.1 Å². The quantitative estimate of drug-likeness (QED) is 0.869. The van der Waals surface area contributed by atoms with Crippen molar-refractivity contribution < 1.29 is 9.90 Å². The van der Waals surface area contributed by atoms with Crippen molar-refractivity contribution >= 4 is 5.97 Å². The lowest BCUT2D eigenvalue weighted by Gasteiger charge is -2.43. The maximum Gasteiger partial charge on any atom is 0.320 e. The molecule has 2 aliphatic heterocycles. The van der Waals surface area contributed by atoms with Crippen LogP contribution in [0, 0.1) is 5.92 Å². The van der Waals surface area contributed by atoms with Gasteiger partial charge in [-0.2, -0.15) is 0 Å². The Morgan fingerprint density at radius 1 is 1.10 bits per heavy atom. The predicted molar refractivity (Wildman–Crippen MR) is 83.4 cm³/mol. The highest BCUT2D eigenvalue weighted by molar-refractivity contribution is 5.74. The molecule has 120 valence electrons. The van der Waals surface area contributed by atoms with Crippen molar-refractivity contribution in [2.75, 3.05) is 13.1 Å². The van der Waals surface area contributed by atoms with Crippen molar-refractivity contribution in [1.82, 2.24) is 9.80 Å². The van der Waals surface area contributed by atoms with Gasteiger partial charge in [-0.15, -0.1) is 0 Å². The topological polar surface area (TPSA) is 43.8 Å². The first-order valence-corrected chi connectivity index (χ1v) is 8.82. The molecule has 0 amide bonds. The Morgan fingerprint density at radius 3 is 2.38 bits per heavy atom. The highest BCUT2D eigenvalue weighted by Gasteiger charge is 2.48. The molecule has 3 rings (SSSR count). The number of carboxylic acids is 1. The number of hydrogen-bond acceptors (Lipinski definition) is 3. The van der Waals surface area contributed by atoms with Crippen molar-refractivity contribution in [2.45, 2.75) is 83.0 Å². The number of aliphatic carboxylic acids is 1. The molecule has 3 aliphatic rings. The Balaban J connectivity index is 1.70. The Hall–Kier alpha value is -0.610. The van der Waals surface area contributed by atoms with Gasteiger partial charge in [0.25, 0.3) is 0 Å². The molecule has 1 aliphatic carbocycles. The fraction of sp³-hybridized carbons (Fsp3) is 0.941. The van der Waals surface area contributed by atoms with E-state index in [0.717, 1.165) is 32.4 Å². The summed E-state index contributed by atoms with van der Waals surface area (Å²) in [6.07, 6.45) is 8.23. The number of carboxylic acid groups (broad SMARTS) is 1. The van der Waals surface area contributed by atoms with E-state index in [9.17, 15) is 9.90 Å². The molecule has 2 heterocycles. The second-order valence-corrected chi connectivity index (χ2v) is 7.51. The number of rotatable bonds is 3. The highest BCUT2D eigenvalue weighted by atomic mass is 16.4. The van der Waals surface area contributed by atoms with Crippen LogP contribution in [0.1, 0.15) is 58.8 Å². The lowest BCUT2D eigenvalue weighted by atomic mass is 9.84. The standard InChI is InChI=1S/C17H30N2O2/c1-12(2)18-9-7-14(8-10-18)19-15-6-4-3-5-13(15)11-16(19)17(20)21/h12-16H,3-11H2,1-2H3,(H,20,21). The number of likely N-dealkylation sites (tertiary alicyclic amines) is 2. The minimum Gasteiger partial charge on any atom is -0.480 e. The molecule has 0 aromatic heterocycles. The van der Waals surface area contributed by atoms with Crippen molar-refractivity contribution in [3.8, 4) is 0 Å². The summed E-state index contributed by atoms with van der Waals surface area (Å²) in [5, 5.41) is 9.65. The molecule has 4 heteroatoms. The molecule has 0 aromatic carbocycles. The molecule has 3 fully saturated rings. The molecule has 0 radical (unpaired) electrons. The Labute approximate surface area is 128 Å². The van der Waals surface area contributed by atoms with E-state index < -0.39 is 5.97 Å². The minimum absolute atomic E-state index is 0.214. The van der Waals surface area contributed by atoms with Crippen LogP contribution in [0.25, 0.3) is 0 Å². The van der Waals surface area contributed by atoms with Gasteiger partial charge in [-0.1, -0.05) is 12.8 Å². The first-order chi connectivity index (χ1) is 10.1. The molecule has 3 unspecified atom stereocenters. The van der Waals surface area contributed by atoms with Gasteiger partial charge in [0.1, 0.15) is 6.04 Å². The van der Waals surface area contributed by atoms with E-state index in [4.69, 9.17) is 0 Å². The normalized spacial score (nSPS) is 36.0. The summed E-state index contributed by atoms with van der Waals surface area (Å²) < 4.78 is 0. The minimum atomic E-state index is -0.587. The molecule has 0 aromatic rings. The summed E-state index contributed by atoms with van der Waals surface area (Å²) in [5.74, 6) is 0.0543. The second kappa shape index (κ2) is 6.25. The number of piperidine rings is 1. The summed E-state index contributed by atoms with van der Waals surface area (Å²) in [5.41, 5.74) is 0. The van der Waals surface area contributed by atoms with Gasteiger partial charge in [0.15, 0.2) is 0 Å². The largest absolute Gasteiger partial charge is 0.480 e. The lowest BCUT2D eigenvalue weighted by Crippen LogP contribution is -2.53. The van der Waals surface area contributed by atoms with E-state index in [1.807, 2.05) is 0 Å². The maximum atomic E-state index is 11.7. The molecule has 1 saturated carbocycles. The van der Waals surface area contributed by atoms with Gasteiger partial charge in [0, 0.05) is 18.1 Å². The molecule has 1 N–H and O–H groups in total. The highest BCUT2D eigenvalue weighted by Crippen LogP contribution is 2.42. The average molecular weight is 294 g/mol. The van der Waals surface area contributed by atoms with Crippen LogP contribution in [0.3, 0.4) is 0 Å². The third-order valence-corrected chi connectivity index (χ3v) is 6.07. The fourth-order valence-corrected chi connectivity index (χ4v) is 4.95. The molecule has 2 saturated heterocycles. The molecular weight excluding hydrogens is 264 g/mol. The fourth-order valence-electron chi connectivity index (χ4n) is 4.95. The molecular formula is C17H30N2O2. The van der Waals surface area contributed by atoms with Crippen molar-refractivity contribution in [1.29, 1.82) is 0 Å². The Kier molecular flexibility index (Phi) is 4.55. The van der Waals surface area contributed by atoms with Crippen LogP contribution >= 0.6 is 0 Å². The third-order valence-electron chi connectivity index (χ3n) is 6.07. The first-order valence-electron chi connectivity index (χ1n) is 8.82. The maximum absolute atomic E-state index is 11.7. The van der Waals surface area contributed by atoms with Gasteiger partial charge in [0.05, 0.1) is 0 Å². The van der Waals surface area contributed by atoms with Crippen LogP contribution in [0.2, 0.25) is 0 Å². The van der Waals surface area contributed by atoms with Gasteiger partial charge in [0.2, 0.25) is 0 Å². The molecule has 4 nitrogen and oxygen atoms in total. The van der Waals surface area contributed by atoms with Crippen LogP contribution in [0.15, 0.2) is 0 Å². The summed E-state index contributed by atoms with van der Waals surface area (Å²) >= 11 is 0. The second-order valence-electron chi connectivity index (χ2n) is 7.51. The molecule has 21 heavy (non-hydrogen) atoms. The van der Waals surface area contributed by atoms with Crippen LogP contribution in [0.4, 0.5) is 0 Å². The number of hydrogen-bond donors (Lipinski definition) is 1. The van der Waals surface area contributed by atoms with Gasteiger partial charge in [-0.25, -0.2) is 0 Å². The zero-order valence-corrected chi connectivity index (χ0v) is 13.5. The van der Waals surface area contributed by atoms with Gasteiger partial charge < -0.3 is 10.0 Å². The summed E-state index contributed by atoms with van der Waals surface area (Å²) in [6.45, 7) is 6.77. The molecule has 0 bridgehead atoms. The van der Waals surface area contributed by atoms with E-state index in [-0.39, 0.29) is 6.04 Å². The molecule has 3 atom stereocenters. The SMILES string of the molecule is CC(C)N1CCC(N2C(C(=O)O)CC3CCCCC32)CC1. The zero-order chi connectivity index (χ0) is 15.0. The van der Waals surface area contributed by atoms with Crippen molar-refractivity contribution in [3.63, 3.8) is 0 Å². The van der Waals surface area contributed by atoms with E-state index in [1.165, 1.54) is 25.7 Å². The predicted octanol–water partition coefficient (Wildman–Crippen LogP) is 2.58. The number of carbonyl (C=O) groups is 1. The number of fused-ring (bicyclic) bond motifs is 1. The van der Waals surface area contributed by atoms with E-state index in [1.54, 1.807) is 0 Å². The van der Waals surface area contributed by atoms with E-state index >= 15 is 0 Å². The average Bonchev–Trinajstić information content (AvgIpc) is 2.87. The number of nitrogens with zero attached hydrogens (tertiary/aromatic N) is 2. The molecule has 0 spiro atoms. The third kappa shape index (κ3) is 2.98. The van der Waals surface area contributed by atoms with Crippen molar-refractivity contribution in [3.05, 3.63) is 0 Å². The van der Waals surface area contributed by atoms with E-state index in [0.29, 0.717) is 24.0 Å². The van der Waals surface area contributed by atoms with Crippen LogP contribution in [-0.2, 0) is 4.79 Å². The zero-order valence-electron chi connectivity index (χ0n) is 13.5. The van der Waals surface area contributed by atoms with E-state index in [2.05, 4.69) is 23.6 Å². The summed E-state index contributed by atoms with van der Waals surface area (Å²) in [4.78, 5) is 16.7.